The van der Waals surface area contributed by atoms with E-state index in [1.165, 1.54) is 4.31 Å². The number of sulfonamides is 1. The molecule has 1 N–H and O–H groups in total. The molecule has 0 spiro atoms. The SMILES string of the molecule is CC1c2cn[nH]c2S(=O)(=O)N1c1ccccc1. The summed E-state index contributed by atoms with van der Waals surface area (Å²) < 4.78 is 26.0. The molecule has 1 aromatic heterocycles. The first kappa shape index (κ1) is 10.3. The van der Waals surface area contributed by atoms with Crippen LogP contribution in [0.3, 0.4) is 0 Å². The Bertz CT molecular complexity index is 648. The standard InChI is InChI=1S/C11H11N3O2S/c1-8-10-7-12-13-11(10)17(15,16)14(8)9-5-3-2-4-6-9/h2-8H,1H3,(H,12,13). The summed E-state index contributed by atoms with van der Waals surface area (Å²) in [5, 5.41) is 6.55. The van der Waals surface area contributed by atoms with E-state index in [1.807, 2.05) is 25.1 Å². The molecule has 2 aromatic rings. The topological polar surface area (TPSA) is 66.1 Å². The zero-order chi connectivity index (χ0) is 12.0. The van der Waals surface area contributed by atoms with Gasteiger partial charge in [-0.2, -0.15) is 13.5 Å². The number of fused-ring (bicyclic) bond motifs is 1. The molecule has 1 unspecified atom stereocenters. The van der Waals surface area contributed by atoms with Crippen LogP contribution in [0.5, 0.6) is 0 Å². The highest BCUT2D eigenvalue weighted by atomic mass is 32.2. The van der Waals surface area contributed by atoms with Crippen molar-refractivity contribution in [1.29, 1.82) is 0 Å². The van der Waals surface area contributed by atoms with Crippen molar-refractivity contribution in [3.8, 4) is 0 Å². The molecule has 17 heavy (non-hydrogen) atoms. The summed E-state index contributed by atoms with van der Waals surface area (Å²) in [6.07, 6.45) is 1.57. The van der Waals surface area contributed by atoms with Crippen LogP contribution < -0.4 is 4.31 Å². The minimum atomic E-state index is -3.49. The van der Waals surface area contributed by atoms with Gasteiger partial charge in [-0.25, -0.2) is 0 Å². The molecule has 1 aliphatic heterocycles. The third kappa shape index (κ3) is 1.30. The lowest BCUT2D eigenvalue weighted by Gasteiger charge is -2.22. The number of rotatable bonds is 1. The van der Waals surface area contributed by atoms with Gasteiger partial charge >= 0.3 is 0 Å². The van der Waals surface area contributed by atoms with E-state index in [2.05, 4.69) is 10.2 Å². The number of benzene rings is 1. The van der Waals surface area contributed by atoms with Crippen LogP contribution in [0.1, 0.15) is 18.5 Å². The molecular formula is C11H11N3O2S. The summed E-state index contributed by atoms with van der Waals surface area (Å²) in [5.74, 6) is 0. The highest BCUT2D eigenvalue weighted by Crippen LogP contribution is 2.40. The Hall–Kier alpha value is -1.82. The Labute approximate surface area is 99.1 Å². The van der Waals surface area contributed by atoms with Crippen molar-refractivity contribution in [2.24, 2.45) is 0 Å². The summed E-state index contributed by atoms with van der Waals surface area (Å²) >= 11 is 0. The van der Waals surface area contributed by atoms with Crippen molar-refractivity contribution in [2.45, 2.75) is 18.0 Å². The van der Waals surface area contributed by atoms with Crippen molar-refractivity contribution in [1.82, 2.24) is 10.2 Å². The zero-order valence-electron chi connectivity index (χ0n) is 9.16. The van der Waals surface area contributed by atoms with Gasteiger partial charge in [-0.15, -0.1) is 0 Å². The van der Waals surface area contributed by atoms with E-state index < -0.39 is 10.0 Å². The number of nitrogens with one attached hydrogen (secondary N) is 1. The van der Waals surface area contributed by atoms with Crippen LogP contribution in [0.15, 0.2) is 41.6 Å². The van der Waals surface area contributed by atoms with Crippen molar-refractivity contribution < 1.29 is 8.42 Å². The fourth-order valence-electron chi connectivity index (χ4n) is 2.16. The van der Waals surface area contributed by atoms with E-state index in [0.717, 1.165) is 0 Å². The molecule has 0 radical (unpaired) electrons. The molecule has 1 aliphatic rings. The Kier molecular flexibility index (Phi) is 2.03. The molecule has 0 fully saturated rings. The van der Waals surface area contributed by atoms with Crippen LogP contribution in [0, 0.1) is 0 Å². The predicted molar refractivity (Wildman–Crippen MR) is 63.1 cm³/mol. The van der Waals surface area contributed by atoms with Gasteiger partial charge in [0.15, 0.2) is 5.03 Å². The molecule has 0 amide bonds. The quantitative estimate of drug-likeness (QED) is 0.836. The van der Waals surface area contributed by atoms with E-state index in [4.69, 9.17) is 0 Å². The van der Waals surface area contributed by atoms with Crippen LogP contribution in [-0.2, 0) is 10.0 Å². The summed E-state index contributed by atoms with van der Waals surface area (Å²) in [4.78, 5) is 0. The number of hydrogen-bond acceptors (Lipinski definition) is 3. The lowest BCUT2D eigenvalue weighted by atomic mass is 10.2. The van der Waals surface area contributed by atoms with Crippen LogP contribution >= 0.6 is 0 Å². The first-order valence-electron chi connectivity index (χ1n) is 5.25. The number of para-hydroxylation sites is 1. The molecule has 2 heterocycles. The number of hydrogen-bond donors (Lipinski definition) is 1. The Morgan fingerprint density at radius 1 is 1.29 bits per heavy atom. The van der Waals surface area contributed by atoms with Gasteiger partial charge in [0.2, 0.25) is 0 Å². The lowest BCUT2D eigenvalue weighted by Crippen LogP contribution is -2.27. The van der Waals surface area contributed by atoms with E-state index in [-0.39, 0.29) is 11.1 Å². The molecule has 1 atom stereocenters. The smallest absolute Gasteiger partial charge is 0.265 e. The van der Waals surface area contributed by atoms with Gasteiger partial charge in [0.25, 0.3) is 10.0 Å². The fraction of sp³-hybridized carbons (Fsp3) is 0.182. The molecule has 1 aromatic carbocycles. The molecule has 5 nitrogen and oxygen atoms in total. The second-order valence-corrected chi connectivity index (χ2v) is 5.72. The molecular weight excluding hydrogens is 238 g/mol. The molecule has 88 valence electrons. The highest BCUT2D eigenvalue weighted by Gasteiger charge is 2.42. The van der Waals surface area contributed by atoms with E-state index >= 15 is 0 Å². The maximum absolute atomic E-state index is 12.3. The Morgan fingerprint density at radius 3 is 2.65 bits per heavy atom. The van der Waals surface area contributed by atoms with Crippen molar-refractivity contribution in [3.05, 3.63) is 42.1 Å². The van der Waals surface area contributed by atoms with Gasteiger partial charge < -0.3 is 0 Å². The number of aromatic amines is 1. The summed E-state index contributed by atoms with van der Waals surface area (Å²) in [6, 6.07) is 8.85. The van der Waals surface area contributed by atoms with E-state index in [0.29, 0.717) is 11.3 Å². The first-order valence-corrected chi connectivity index (χ1v) is 6.69. The maximum atomic E-state index is 12.3. The van der Waals surface area contributed by atoms with Gasteiger partial charge in [0.1, 0.15) is 0 Å². The minimum Gasteiger partial charge on any atom is -0.265 e. The number of nitrogens with zero attached hydrogens (tertiary/aromatic N) is 2. The minimum absolute atomic E-state index is 0.203. The molecule has 6 heteroatoms. The van der Waals surface area contributed by atoms with Gasteiger partial charge in [0.05, 0.1) is 17.9 Å². The van der Waals surface area contributed by atoms with Crippen molar-refractivity contribution >= 4 is 15.7 Å². The van der Waals surface area contributed by atoms with Gasteiger partial charge in [-0.3, -0.25) is 9.40 Å². The number of anilines is 1. The third-order valence-corrected chi connectivity index (χ3v) is 4.85. The van der Waals surface area contributed by atoms with Gasteiger partial charge in [0, 0.05) is 5.56 Å². The molecule has 0 bridgehead atoms. The average molecular weight is 249 g/mol. The third-order valence-electron chi connectivity index (χ3n) is 2.96. The Morgan fingerprint density at radius 2 is 2.00 bits per heavy atom. The summed E-state index contributed by atoms with van der Waals surface area (Å²) in [5.41, 5.74) is 1.39. The van der Waals surface area contributed by atoms with Crippen LogP contribution in [0.2, 0.25) is 0 Å². The fourth-order valence-corrected chi connectivity index (χ4v) is 3.97. The lowest BCUT2D eigenvalue weighted by molar-refractivity contribution is 0.589. The largest absolute Gasteiger partial charge is 0.282 e. The van der Waals surface area contributed by atoms with E-state index in [1.54, 1.807) is 18.3 Å². The van der Waals surface area contributed by atoms with Crippen molar-refractivity contribution in [3.63, 3.8) is 0 Å². The van der Waals surface area contributed by atoms with Crippen LogP contribution in [-0.4, -0.2) is 18.6 Å². The zero-order valence-corrected chi connectivity index (χ0v) is 9.98. The normalized spacial score (nSPS) is 21.5. The Balaban J connectivity index is 2.19. The second-order valence-electron chi connectivity index (χ2n) is 3.97. The van der Waals surface area contributed by atoms with Gasteiger partial charge in [-0.05, 0) is 19.1 Å². The van der Waals surface area contributed by atoms with Crippen molar-refractivity contribution in [2.75, 3.05) is 4.31 Å². The second kappa shape index (κ2) is 3.33. The molecule has 0 saturated heterocycles. The maximum Gasteiger partial charge on any atom is 0.282 e. The number of aromatic nitrogens is 2. The van der Waals surface area contributed by atoms with Gasteiger partial charge in [-0.1, -0.05) is 18.2 Å². The predicted octanol–water partition coefficient (Wildman–Crippen LogP) is 1.68. The average Bonchev–Trinajstić information content (AvgIpc) is 2.85. The highest BCUT2D eigenvalue weighted by molar-refractivity contribution is 7.93. The molecule has 3 rings (SSSR count). The molecule has 0 aliphatic carbocycles. The van der Waals surface area contributed by atoms with Crippen LogP contribution in [0.4, 0.5) is 5.69 Å². The summed E-state index contributed by atoms with van der Waals surface area (Å²) in [6.45, 7) is 1.85. The number of H-pyrrole nitrogens is 1. The first-order chi connectivity index (χ1) is 8.12. The monoisotopic (exact) mass is 249 g/mol. The molecule has 0 saturated carbocycles. The summed E-state index contributed by atoms with van der Waals surface area (Å²) in [7, 11) is -3.49. The van der Waals surface area contributed by atoms with E-state index in [9.17, 15) is 8.42 Å². The van der Waals surface area contributed by atoms with Crippen LogP contribution in [0.25, 0.3) is 0 Å².